The van der Waals surface area contributed by atoms with Crippen molar-refractivity contribution in [2.75, 3.05) is 19.8 Å². The Morgan fingerprint density at radius 2 is 1.87 bits per heavy atom. The molecule has 0 aliphatic carbocycles. The Morgan fingerprint density at radius 1 is 1.08 bits per heavy atom. The molecule has 0 atom stereocenters. The molecule has 0 saturated carbocycles. The van der Waals surface area contributed by atoms with Gasteiger partial charge in [0.2, 0.25) is 0 Å². The number of nitrogens with zero attached hydrogens (tertiary/aromatic N) is 4. The molecule has 0 radical (unpaired) electrons. The van der Waals surface area contributed by atoms with E-state index in [1.165, 1.54) is 22.5 Å². The van der Waals surface area contributed by atoms with Crippen LogP contribution >= 0.6 is 0 Å². The number of H-pyrrole nitrogens is 1. The number of amides is 1. The summed E-state index contributed by atoms with van der Waals surface area (Å²) in [6.45, 7) is 4.59. The second kappa shape index (κ2) is 9.24. The van der Waals surface area contributed by atoms with Crippen LogP contribution in [0.4, 0.5) is 0 Å². The summed E-state index contributed by atoms with van der Waals surface area (Å²) in [5.41, 5.74) is 8.16. The van der Waals surface area contributed by atoms with Gasteiger partial charge < -0.3 is 19.2 Å². The van der Waals surface area contributed by atoms with Crippen molar-refractivity contribution in [3.05, 3.63) is 93.3 Å². The van der Waals surface area contributed by atoms with Crippen LogP contribution in [0, 0.1) is 6.92 Å². The highest BCUT2D eigenvalue weighted by molar-refractivity contribution is 5.99. The molecule has 1 fully saturated rings. The molecule has 0 bridgehead atoms. The van der Waals surface area contributed by atoms with Crippen molar-refractivity contribution < 1.29 is 9.53 Å². The first-order valence-corrected chi connectivity index (χ1v) is 13.6. The van der Waals surface area contributed by atoms with Crippen molar-refractivity contribution in [3.63, 3.8) is 0 Å². The Hall–Kier alpha value is -4.17. The summed E-state index contributed by atoms with van der Waals surface area (Å²) in [4.78, 5) is 36.4. The monoisotopic (exact) mass is 521 g/mol. The second-order valence-corrected chi connectivity index (χ2v) is 10.8. The fourth-order valence-electron chi connectivity index (χ4n) is 6.34. The predicted octanol–water partition coefficient (Wildman–Crippen LogP) is 4.58. The average molecular weight is 522 g/mol. The zero-order chi connectivity index (χ0) is 26.7. The number of aryl methyl sites for hydroxylation is 1. The lowest BCUT2D eigenvalue weighted by molar-refractivity contribution is 0.0733. The van der Waals surface area contributed by atoms with Crippen molar-refractivity contribution in [2.24, 2.45) is 7.05 Å². The molecule has 2 aliphatic rings. The first kappa shape index (κ1) is 23.9. The Morgan fingerprint density at radius 3 is 2.67 bits per heavy atom. The minimum absolute atomic E-state index is 0.0126. The van der Waals surface area contributed by atoms with E-state index in [0.29, 0.717) is 42.9 Å². The molecule has 5 heterocycles. The second-order valence-electron chi connectivity index (χ2n) is 10.8. The van der Waals surface area contributed by atoms with Crippen LogP contribution in [-0.2, 0) is 24.8 Å². The van der Waals surface area contributed by atoms with Crippen LogP contribution in [0.1, 0.15) is 51.8 Å². The molecule has 8 nitrogen and oxygen atoms in total. The van der Waals surface area contributed by atoms with Gasteiger partial charge in [0.25, 0.3) is 11.5 Å². The van der Waals surface area contributed by atoms with Gasteiger partial charge >= 0.3 is 0 Å². The topological polar surface area (TPSA) is 84.6 Å². The number of fused-ring (bicyclic) bond motifs is 4. The molecule has 0 unspecified atom stereocenters. The number of nitrogens with one attached hydrogen (secondary N) is 1. The van der Waals surface area contributed by atoms with Gasteiger partial charge in [-0.2, -0.15) is 0 Å². The highest BCUT2D eigenvalue weighted by Crippen LogP contribution is 2.31. The van der Waals surface area contributed by atoms with Gasteiger partial charge in [0.05, 0.1) is 17.2 Å². The normalized spacial score (nSPS) is 16.2. The summed E-state index contributed by atoms with van der Waals surface area (Å²) in [7, 11) is 2.11. The number of imidazole rings is 1. The molecule has 0 spiro atoms. The SMILES string of the molecule is Cc1cc2c(cc1C(=O)N1CCc3c(cc(-c4ccccc4)n3C)C1)[nH]c(=O)c1cnc(C3CCOCC3)n12. The van der Waals surface area contributed by atoms with Crippen LogP contribution in [-0.4, -0.2) is 49.5 Å². The van der Waals surface area contributed by atoms with Crippen molar-refractivity contribution in [2.45, 2.75) is 38.6 Å². The van der Waals surface area contributed by atoms with E-state index < -0.39 is 0 Å². The molecule has 198 valence electrons. The van der Waals surface area contributed by atoms with Gasteiger partial charge in [-0.3, -0.25) is 14.0 Å². The lowest BCUT2D eigenvalue weighted by Gasteiger charge is -2.28. The first-order valence-electron chi connectivity index (χ1n) is 13.6. The Balaban J connectivity index is 1.25. The maximum absolute atomic E-state index is 13.8. The number of aromatic amines is 1. The summed E-state index contributed by atoms with van der Waals surface area (Å²) in [6, 6.07) is 16.4. The molecule has 1 N–H and O–H groups in total. The van der Waals surface area contributed by atoms with Gasteiger partial charge in [0.1, 0.15) is 11.3 Å². The molecule has 1 saturated heterocycles. The van der Waals surface area contributed by atoms with Crippen LogP contribution in [0.15, 0.2) is 59.5 Å². The minimum Gasteiger partial charge on any atom is -0.381 e. The lowest BCUT2D eigenvalue weighted by atomic mass is 9.99. The van der Waals surface area contributed by atoms with Gasteiger partial charge in [0, 0.05) is 62.6 Å². The number of ether oxygens (including phenoxy) is 1. The van der Waals surface area contributed by atoms with Crippen LogP contribution in [0.2, 0.25) is 0 Å². The molecule has 39 heavy (non-hydrogen) atoms. The number of benzene rings is 2. The van der Waals surface area contributed by atoms with E-state index in [2.05, 4.69) is 39.8 Å². The third-order valence-electron chi connectivity index (χ3n) is 8.45. The highest BCUT2D eigenvalue weighted by Gasteiger charge is 2.27. The maximum Gasteiger partial charge on any atom is 0.274 e. The number of carbonyl (C=O) groups is 1. The number of carbonyl (C=O) groups excluding carboxylic acids is 1. The van der Waals surface area contributed by atoms with E-state index in [1.807, 2.05) is 46.6 Å². The zero-order valence-corrected chi connectivity index (χ0v) is 22.2. The summed E-state index contributed by atoms with van der Waals surface area (Å²) in [6.07, 6.45) is 4.22. The van der Waals surface area contributed by atoms with E-state index in [4.69, 9.17) is 4.74 Å². The van der Waals surface area contributed by atoms with Gasteiger partial charge in [-0.15, -0.1) is 0 Å². The van der Waals surface area contributed by atoms with Crippen molar-refractivity contribution in [1.29, 1.82) is 0 Å². The Labute approximate surface area is 225 Å². The fraction of sp³-hybridized carbons (Fsp3) is 0.323. The van der Waals surface area contributed by atoms with Gasteiger partial charge in [-0.25, -0.2) is 4.98 Å². The summed E-state index contributed by atoms with van der Waals surface area (Å²) < 4.78 is 9.78. The fourth-order valence-corrected chi connectivity index (χ4v) is 6.34. The smallest absolute Gasteiger partial charge is 0.274 e. The van der Waals surface area contributed by atoms with Crippen LogP contribution in [0.5, 0.6) is 0 Å². The van der Waals surface area contributed by atoms with Crippen molar-refractivity contribution in [3.8, 4) is 11.3 Å². The van der Waals surface area contributed by atoms with E-state index in [-0.39, 0.29) is 17.4 Å². The number of rotatable bonds is 3. The zero-order valence-electron chi connectivity index (χ0n) is 22.2. The molecule has 5 aromatic rings. The molecule has 2 aliphatic heterocycles. The average Bonchev–Trinajstić information content (AvgIpc) is 3.56. The van der Waals surface area contributed by atoms with E-state index >= 15 is 0 Å². The molecular weight excluding hydrogens is 490 g/mol. The Bertz CT molecular complexity index is 1790. The Kier molecular flexibility index (Phi) is 5.66. The van der Waals surface area contributed by atoms with E-state index in [9.17, 15) is 9.59 Å². The first-order chi connectivity index (χ1) is 19.0. The van der Waals surface area contributed by atoms with Gasteiger partial charge in [-0.05, 0) is 54.7 Å². The molecule has 7 rings (SSSR count). The summed E-state index contributed by atoms with van der Waals surface area (Å²) >= 11 is 0. The predicted molar refractivity (Wildman–Crippen MR) is 150 cm³/mol. The molecule has 1 amide bonds. The highest BCUT2D eigenvalue weighted by atomic mass is 16.5. The number of hydrogen-bond acceptors (Lipinski definition) is 4. The van der Waals surface area contributed by atoms with Crippen LogP contribution in [0.3, 0.4) is 0 Å². The summed E-state index contributed by atoms with van der Waals surface area (Å²) in [5, 5.41) is 0. The third-order valence-corrected chi connectivity index (χ3v) is 8.45. The van der Waals surface area contributed by atoms with Gasteiger partial charge in [0.15, 0.2) is 0 Å². The van der Waals surface area contributed by atoms with Crippen molar-refractivity contribution >= 4 is 22.5 Å². The number of aromatic nitrogens is 4. The molecule has 2 aromatic carbocycles. The van der Waals surface area contributed by atoms with Crippen molar-refractivity contribution in [1.82, 2.24) is 23.8 Å². The van der Waals surface area contributed by atoms with Gasteiger partial charge in [-0.1, -0.05) is 30.3 Å². The van der Waals surface area contributed by atoms with Crippen LogP contribution < -0.4 is 5.56 Å². The third kappa shape index (κ3) is 3.89. The molecular formula is C31H31N5O3. The number of hydrogen-bond donors (Lipinski definition) is 1. The standard InChI is InChI=1S/C31H31N5O3/c1-19-14-27-24(33-30(37)28-17-32-29(36(27)28)21-9-12-39-13-10-21)16-23(19)31(38)35-11-8-25-22(18-35)15-26(34(25)2)20-6-4-3-5-7-20/h3-7,14-17,21H,8-13,18H2,1-2H3,(H,33,37). The van der Waals surface area contributed by atoms with Crippen LogP contribution in [0.25, 0.3) is 27.8 Å². The van der Waals surface area contributed by atoms with E-state index in [1.54, 1.807) is 6.20 Å². The molecule has 3 aromatic heterocycles. The van der Waals surface area contributed by atoms with E-state index in [0.717, 1.165) is 36.2 Å². The molecule has 8 heteroatoms. The lowest BCUT2D eigenvalue weighted by Crippen LogP contribution is -2.36. The summed E-state index contributed by atoms with van der Waals surface area (Å²) in [5.74, 6) is 1.12. The quantitative estimate of drug-likeness (QED) is 0.377. The minimum atomic E-state index is -0.198. The largest absolute Gasteiger partial charge is 0.381 e. The maximum atomic E-state index is 13.8.